The Hall–Kier alpha value is -3.55. The lowest BCUT2D eigenvalue weighted by molar-refractivity contribution is 0.144. The van der Waals surface area contributed by atoms with Gasteiger partial charge in [-0.15, -0.1) is 0 Å². The van der Waals surface area contributed by atoms with Gasteiger partial charge < -0.3 is 9.47 Å². The van der Waals surface area contributed by atoms with E-state index in [1.165, 1.54) is 4.57 Å². The molecular formula is C19H16N4O4. The summed E-state index contributed by atoms with van der Waals surface area (Å²) in [6.07, 6.45) is -0.264. The molecule has 8 nitrogen and oxygen atoms in total. The van der Waals surface area contributed by atoms with Crippen LogP contribution in [0, 0.1) is 0 Å². The Morgan fingerprint density at radius 1 is 1.22 bits per heavy atom. The maximum Gasteiger partial charge on any atom is 0.329 e. The fourth-order valence-corrected chi connectivity index (χ4v) is 3.40. The molecule has 1 atom stereocenters. The number of hydrogen-bond donors (Lipinski definition) is 1. The van der Waals surface area contributed by atoms with Crippen LogP contribution in [0.1, 0.15) is 0 Å². The highest BCUT2D eigenvalue weighted by molar-refractivity contribution is 5.83. The van der Waals surface area contributed by atoms with Gasteiger partial charge in [0.15, 0.2) is 17.3 Å². The highest BCUT2D eigenvalue weighted by atomic mass is 16.6. The number of nitrogens with one attached hydrogen (secondary N) is 1. The Kier molecular flexibility index (Phi) is 3.33. The van der Waals surface area contributed by atoms with E-state index in [0.717, 1.165) is 16.5 Å². The van der Waals surface area contributed by atoms with E-state index < -0.39 is 11.2 Å². The number of aromatic amines is 1. The van der Waals surface area contributed by atoms with Crippen LogP contribution in [0.3, 0.4) is 0 Å². The molecule has 0 spiro atoms. The Labute approximate surface area is 152 Å². The van der Waals surface area contributed by atoms with Crippen molar-refractivity contribution in [3.05, 3.63) is 63.3 Å². The first-order valence-electron chi connectivity index (χ1n) is 8.58. The predicted octanol–water partition coefficient (Wildman–Crippen LogP) is 1.42. The summed E-state index contributed by atoms with van der Waals surface area (Å²) in [7, 11) is 1.56. The highest BCUT2D eigenvalue weighted by Gasteiger charge is 2.29. The zero-order valence-electron chi connectivity index (χ0n) is 14.5. The first-order valence-corrected chi connectivity index (χ1v) is 8.58. The van der Waals surface area contributed by atoms with Gasteiger partial charge in [-0.3, -0.25) is 18.9 Å². The number of rotatable bonds is 3. The fourth-order valence-electron chi connectivity index (χ4n) is 3.40. The van der Waals surface area contributed by atoms with Crippen LogP contribution in [0.15, 0.2) is 52.1 Å². The minimum atomic E-state index is -0.500. The molecule has 1 aliphatic heterocycles. The molecule has 0 radical (unpaired) electrons. The number of ether oxygens (including phenoxy) is 2. The molecular weight excluding hydrogens is 348 g/mol. The summed E-state index contributed by atoms with van der Waals surface area (Å²) in [6, 6.07) is 14.3. The molecule has 2 aromatic carbocycles. The van der Waals surface area contributed by atoms with Crippen LogP contribution in [-0.2, 0) is 13.6 Å². The van der Waals surface area contributed by atoms with Crippen LogP contribution in [0.25, 0.3) is 21.9 Å². The van der Waals surface area contributed by atoms with Crippen LogP contribution >= 0.6 is 0 Å². The van der Waals surface area contributed by atoms with Crippen molar-refractivity contribution in [3.8, 4) is 11.8 Å². The number of benzene rings is 2. The summed E-state index contributed by atoms with van der Waals surface area (Å²) in [5, 5.41) is 2.26. The molecule has 3 heterocycles. The number of nitrogens with zero attached hydrogens (tertiary/aromatic N) is 3. The van der Waals surface area contributed by atoms with Crippen LogP contribution in [0.5, 0.6) is 11.8 Å². The quantitative estimate of drug-likeness (QED) is 0.594. The first kappa shape index (κ1) is 15.7. The van der Waals surface area contributed by atoms with Gasteiger partial charge in [0.05, 0.1) is 6.54 Å². The van der Waals surface area contributed by atoms with Gasteiger partial charge in [0.2, 0.25) is 0 Å². The van der Waals surface area contributed by atoms with Crippen LogP contribution in [0.2, 0.25) is 0 Å². The number of fused-ring (bicyclic) bond motifs is 4. The molecule has 8 heteroatoms. The molecule has 0 saturated carbocycles. The summed E-state index contributed by atoms with van der Waals surface area (Å²) >= 11 is 0. The first-order chi connectivity index (χ1) is 13.1. The molecule has 1 N–H and O–H groups in total. The Morgan fingerprint density at radius 2 is 2.04 bits per heavy atom. The molecule has 5 rings (SSSR count). The van der Waals surface area contributed by atoms with Gasteiger partial charge in [0, 0.05) is 7.05 Å². The monoisotopic (exact) mass is 364 g/mol. The lowest BCUT2D eigenvalue weighted by Crippen LogP contribution is -2.30. The number of aryl methyl sites for hydroxylation is 1. The summed E-state index contributed by atoms with van der Waals surface area (Å²) in [6.45, 7) is 0.758. The van der Waals surface area contributed by atoms with Gasteiger partial charge in [-0.1, -0.05) is 30.3 Å². The molecule has 0 fully saturated rings. The lowest BCUT2D eigenvalue weighted by atomic mass is 10.1. The molecule has 0 aliphatic carbocycles. The van der Waals surface area contributed by atoms with E-state index in [9.17, 15) is 9.59 Å². The van der Waals surface area contributed by atoms with E-state index in [0.29, 0.717) is 30.3 Å². The number of H-pyrrole nitrogens is 1. The van der Waals surface area contributed by atoms with Gasteiger partial charge in [0.25, 0.3) is 11.6 Å². The summed E-state index contributed by atoms with van der Waals surface area (Å²) in [5.41, 5.74) is -0.319. The van der Waals surface area contributed by atoms with Crippen LogP contribution in [0.4, 0.5) is 0 Å². The third-order valence-corrected chi connectivity index (χ3v) is 4.79. The predicted molar refractivity (Wildman–Crippen MR) is 99.5 cm³/mol. The zero-order valence-corrected chi connectivity index (χ0v) is 14.5. The van der Waals surface area contributed by atoms with Gasteiger partial charge in [-0.2, -0.15) is 4.98 Å². The van der Waals surface area contributed by atoms with E-state index in [2.05, 4.69) is 9.97 Å². The normalized spacial score (nSPS) is 15.8. The van der Waals surface area contributed by atoms with Crippen molar-refractivity contribution in [3.63, 3.8) is 0 Å². The molecule has 4 aromatic rings. The SMILES string of the molecule is Cn1c(=O)[nH]c(=O)c2c1nc1n2C[C@@H](COc2ccc3ccccc3c2)O1. The second-order valence-electron chi connectivity index (χ2n) is 6.56. The van der Waals surface area contributed by atoms with Crippen molar-refractivity contribution in [1.29, 1.82) is 0 Å². The van der Waals surface area contributed by atoms with Crippen molar-refractivity contribution in [2.24, 2.45) is 7.05 Å². The van der Waals surface area contributed by atoms with Crippen molar-refractivity contribution in [2.45, 2.75) is 12.6 Å². The number of hydrogen-bond acceptors (Lipinski definition) is 5. The average molecular weight is 364 g/mol. The van der Waals surface area contributed by atoms with Crippen molar-refractivity contribution < 1.29 is 9.47 Å². The zero-order chi connectivity index (χ0) is 18.5. The van der Waals surface area contributed by atoms with Crippen molar-refractivity contribution in [2.75, 3.05) is 6.61 Å². The molecule has 1 aliphatic rings. The summed E-state index contributed by atoms with van der Waals surface area (Å²) in [4.78, 5) is 30.4. The smallest absolute Gasteiger partial charge is 0.329 e. The van der Waals surface area contributed by atoms with Gasteiger partial charge >= 0.3 is 5.69 Å². The largest absolute Gasteiger partial charge is 0.490 e. The molecule has 0 bridgehead atoms. The lowest BCUT2D eigenvalue weighted by Gasteiger charge is -2.12. The highest BCUT2D eigenvalue weighted by Crippen LogP contribution is 2.26. The summed E-state index contributed by atoms with van der Waals surface area (Å²) in [5.74, 6) is 0.756. The Morgan fingerprint density at radius 3 is 2.89 bits per heavy atom. The minimum absolute atomic E-state index is 0.264. The van der Waals surface area contributed by atoms with Crippen molar-refractivity contribution >= 4 is 21.9 Å². The maximum atomic E-state index is 12.2. The van der Waals surface area contributed by atoms with Crippen LogP contribution in [-0.4, -0.2) is 31.8 Å². The fraction of sp³-hybridized carbons (Fsp3) is 0.211. The average Bonchev–Trinajstić information content (AvgIpc) is 3.22. The van der Waals surface area contributed by atoms with E-state index >= 15 is 0 Å². The Balaban J connectivity index is 1.37. The molecule has 0 saturated heterocycles. The number of imidazole rings is 1. The van der Waals surface area contributed by atoms with E-state index in [1.807, 2.05) is 42.5 Å². The molecule has 136 valence electrons. The maximum absolute atomic E-state index is 12.2. The second-order valence-corrected chi connectivity index (χ2v) is 6.56. The molecule has 2 aromatic heterocycles. The van der Waals surface area contributed by atoms with E-state index in [1.54, 1.807) is 11.6 Å². The van der Waals surface area contributed by atoms with E-state index in [4.69, 9.17) is 9.47 Å². The third kappa shape index (κ3) is 2.49. The van der Waals surface area contributed by atoms with E-state index in [-0.39, 0.29) is 6.10 Å². The summed E-state index contributed by atoms with van der Waals surface area (Å²) < 4.78 is 14.7. The molecule has 0 unspecified atom stereocenters. The third-order valence-electron chi connectivity index (χ3n) is 4.79. The molecule has 0 amide bonds. The van der Waals surface area contributed by atoms with Crippen molar-refractivity contribution in [1.82, 2.24) is 19.1 Å². The van der Waals surface area contributed by atoms with Gasteiger partial charge in [-0.05, 0) is 22.9 Å². The number of aromatic nitrogens is 4. The van der Waals surface area contributed by atoms with Gasteiger partial charge in [0.1, 0.15) is 12.4 Å². The minimum Gasteiger partial charge on any atom is -0.490 e. The Bertz CT molecular complexity index is 1300. The van der Waals surface area contributed by atoms with Gasteiger partial charge in [-0.25, -0.2) is 4.79 Å². The standard InChI is InChI=1S/C19H16N4O4/c1-22-16-15(17(24)21-18(22)25)23-9-14(27-19(23)20-16)10-26-13-7-6-11-4-2-3-5-12(11)8-13/h2-8,14H,9-10H2,1H3,(H,21,24,25)/t14-/m0/s1. The van der Waals surface area contributed by atoms with Crippen LogP contribution < -0.4 is 20.7 Å². The second kappa shape index (κ2) is 5.73. The topological polar surface area (TPSA) is 91.1 Å². The molecule has 27 heavy (non-hydrogen) atoms.